The molecule has 0 radical (unpaired) electrons. The largest absolute Gasteiger partial charge is 0.344 e. The first-order valence-corrected chi connectivity index (χ1v) is 18.7. The molecule has 0 saturated carbocycles. The van der Waals surface area contributed by atoms with Crippen LogP contribution in [0, 0.1) is 0 Å². The van der Waals surface area contributed by atoms with Gasteiger partial charge >= 0.3 is 0 Å². The number of allylic oxidation sites excluding steroid dienone is 1. The van der Waals surface area contributed by atoms with Gasteiger partial charge < -0.3 is 4.23 Å². The van der Waals surface area contributed by atoms with Crippen LogP contribution in [0.5, 0.6) is 0 Å². The molecular weight excluding hydrogens is 457 g/mol. The van der Waals surface area contributed by atoms with Crippen molar-refractivity contribution in [3.8, 4) is 0 Å². The molecule has 0 spiro atoms. The van der Waals surface area contributed by atoms with Crippen molar-refractivity contribution in [1.82, 2.24) is 4.23 Å². The third-order valence-corrected chi connectivity index (χ3v) is 24.4. The molecule has 1 rings (SSSR count). The maximum Gasteiger partial charge on any atom is 0.129 e. The van der Waals surface area contributed by atoms with Gasteiger partial charge in [-0.15, -0.1) is 0 Å². The highest BCUT2D eigenvalue weighted by Crippen LogP contribution is 2.53. The van der Waals surface area contributed by atoms with Gasteiger partial charge in [0.15, 0.2) is 0 Å². The fourth-order valence-electron chi connectivity index (χ4n) is 7.92. The Hall–Kier alpha value is -0.976. The molecule has 4 heteroatoms. The van der Waals surface area contributed by atoms with Crippen LogP contribution in [0.4, 0.5) is 0 Å². The fraction of sp³-hybridized carbons (Fsp3) is 0.710. The normalized spacial score (nSPS) is 14.0. The first kappa shape index (κ1) is 32.1. The molecule has 0 saturated heterocycles. The van der Waals surface area contributed by atoms with Gasteiger partial charge in [-0.1, -0.05) is 119 Å². The average Bonchev–Trinajstić information content (AvgIpc) is 2.75. The van der Waals surface area contributed by atoms with Gasteiger partial charge in [0, 0.05) is 12.8 Å². The highest BCUT2D eigenvalue weighted by molar-refractivity contribution is 6.96. The zero-order valence-corrected chi connectivity index (χ0v) is 27.3. The number of unbranched alkanes of at least 4 members (excludes halogenated alkanes) is 1. The van der Waals surface area contributed by atoms with E-state index in [0.29, 0.717) is 0 Å². The maximum absolute atomic E-state index is 4.71. The van der Waals surface area contributed by atoms with Gasteiger partial charge in [-0.25, -0.2) is 0 Å². The molecule has 0 aromatic heterocycles. The van der Waals surface area contributed by atoms with E-state index in [0.717, 1.165) is 39.8 Å². The number of nitrogens with zero attached hydrogens (tertiary/aromatic N) is 2. The number of hydrogen-bond acceptors (Lipinski definition) is 2. The molecule has 1 aromatic rings. The molecule has 0 N–H and O–H groups in total. The van der Waals surface area contributed by atoms with Crippen LogP contribution in [0.1, 0.15) is 101 Å². The van der Waals surface area contributed by atoms with E-state index in [4.69, 9.17) is 4.99 Å². The van der Waals surface area contributed by atoms with E-state index in [9.17, 15) is 0 Å². The molecule has 0 aliphatic carbocycles. The van der Waals surface area contributed by atoms with E-state index >= 15 is 0 Å². The first-order chi connectivity index (χ1) is 16.4. The van der Waals surface area contributed by atoms with Crippen LogP contribution in [0.25, 0.3) is 6.08 Å². The van der Waals surface area contributed by atoms with Gasteiger partial charge in [0.1, 0.15) is 16.5 Å². The van der Waals surface area contributed by atoms with Gasteiger partial charge in [0.2, 0.25) is 0 Å². The van der Waals surface area contributed by atoms with Crippen molar-refractivity contribution in [3.63, 3.8) is 0 Å². The minimum Gasteiger partial charge on any atom is -0.344 e. The van der Waals surface area contributed by atoms with Crippen LogP contribution in [0.3, 0.4) is 0 Å². The van der Waals surface area contributed by atoms with Crippen LogP contribution in [0.15, 0.2) is 41.4 Å². The summed E-state index contributed by atoms with van der Waals surface area (Å²) >= 11 is 0. The van der Waals surface area contributed by atoms with Crippen molar-refractivity contribution < 1.29 is 0 Å². The van der Waals surface area contributed by atoms with Crippen LogP contribution in [-0.2, 0) is 0 Å². The summed E-state index contributed by atoms with van der Waals surface area (Å²) in [6.45, 7) is 32.7. The average molecular weight is 515 g/mol. The second-order valence-corrected chi connectivity index (χ2v) is 24.4. The highest BCUT2D eigenvalue weighted by Gasteiger charge is 2.58. The Kier molecular flexibility index (Phi) is 13.4. The second-order valence-electron chi connectivity index (χ2n) is 12.4. The monoisotopic (exact) mass is 514 g/mol. The summed E-state index contributed by atoms with van der Waals surface area (Å²) in [6, 6.07) is 10.5. The minimum atomic E-state index is -1.75. The molecule has 2 nitrogen and oxygen atoms in total. The van der Waals surface area contributed by atoms with E-state index in [1.54, 1.807) is 0 Å². The topological polar surface area (TPSA) is 15.6 Å². The molecule has 0 bridgehead atoms. The summed E-state index contributed by atoms with van der Waals surface area (Å²) in [5.41, 5.74) is 5.76. The van der Waals surface area contributed by atoms with Gasteiger partial charge in [-0.3, -0.25) is 4.99 Å². The molecular formula is C31H58N2Si2. The van der Waals surface area contributed by atoms with Crippen LogP contribution >= 0.6 is 0 Å². The van der Waals surface area contributed by atoms with Crippen LogP contribution < -0.4 is 0 Å². The molecule has 0 fully saturated rings. The third kappa shape index (κ3) is 7.29. The summed E-state index contributed by atoms with van der Waals surface area (Å²) in [7, 11) is -3.51. The van der Waals surface area contributed by atoms with Crippen molar-refractivity contribution in [2.75, 3.05) is 13.1 Å². The third-order valence-electron chi connectivity index (χ3n) is 8.68. The smallest absolute Gasteiger partial charge is 0.129 e. The molecule has 0 unspecified atom stereocenters. The lowest BCUT2D eigenvalue weighted by molar-refractivity contribution is 0.479. The molecule has 0 aliphatic heterocycles. The Balaban J connectivity index is 3.17. The summed E-state index contributed by atoms with van der Waals surface area (Å²) < 4.78 is 3.30. The Bertz CT molecular complexity index is 688. The second kappa shape index (κ2) is 14.7. The SMILES string of the molecule is CC(C)[Si](C(C)C)(C(C)C)N(CCCCN=CC=Cc1ccccc1)[Si](C(C)C)(C(C)C)C(C)C. The van der Waals surface area contributed by atoms with Crippen molar-refractivity contribution in [2.24, 2.45) is 4.99 Å². The van der Waals surface area contributed by atoms with Crippen molar-refractivity contribution in [3.05, 3.63) is 42.0 Å². The van der Waals surface area contributed by atoms with Crippen LogP contribution in [-0.4, -0.2) is 40.0 Å². The maximum atomic E-state index is 4.71. The first-order valence-electron chi connectivity index (χ1n) is 14.4. The van der Waals surface area contributed by atoms with Gasteiger partial charge in [0.05, 0.1) is 0 Å². The van der Waals surface area contributed by atoms with E-state index in [1.165, 1.54) is 24.9 Å². The molecule has 0 heterocycles. The zero-order chi connectivity index (χ0) is 26.8. The van der Waals surface area contributed by atoms with Gasteiger partial charge in [-0.2, -0.15) is 0 Å². The Morgan fingerprint density at radius 2 is 1.09 bits per heavy atom. The Labute approximate surface area is 221 Å². The van der Waals surface area contributed by atoms with Gasteiger partial charge in [0.25, 0.3) is 0 Å². The number of benzene rings is 1. The van der Waals surface area contributed by atoms with E-state index < -0.39 is 16.5 Å². The quantitative estimate of drug-likeness (QED) is 0.129. The Morgan fingerprint density at radius 1 is 0.657 bits per heavy atom. The number of aliphatic imine (C=N–C) groups is 1. The van der Waals surface area contributed by atoms with Crippen molar-refractivity contribution >= 4 is 28.8 Å². The molecule has 200 valence electrons. The molecule has 0 aliphatic rings. The summed E-state index contributed by atoms with van der Waals surface area (Å²) in [5.74, 6) is 0. The predicted octanol–water partition coefficient (Wildman–Crippen LogP) is 10.2. The van der Waals surface area contributed by atoms with E-state index in [1.807, 2.05) is 6.21 Å². The number of hydrogen-bond donors (Lipinski definition) is 0. The summed E-state index contributed by atoms with van der Waals surface area (Å²) in [5, 5.41) is 0. The molecule has 1 aromatic carbocycles. The van der Waals surface area contributed by atoms with Crippen molar-refractivity contribution in [2.45, 2.75) is 129 Å². The molecule has 35 heavy (non-hydrogen) atoms. The lowest BCUT2D eigenvalue weighted by atomic mass is 10.2. The minimum absolute atomic E-state index is 0.756. The summed E-state index contributed by atoms with van der Waals surface area (Å²) in [6.07, 6.45) is 8.61. The molecule has 0 atom stereocenters. The lowest BCUT2D eigenvalue weighted by Crippen LogP contribution is -2.74. The standard InChI is InChI=1S/C31H58N2Si2/c1-25(2)34(26(3)4,27(5)6)33(35(28(7)8,29(9)10)30(11)12)24-17-16-22-32-23-18-21-31-19-14-13-15-20-31/h13-15,18-21,23,25-30H,16-17,22,24H2,1-12H3. The molecule has 0 amide bonds. The lowest BCUT2D eigenvalue weighted by Gasteiger charge is -2.63. The van der Waals surface area contributed by atoms with E-state index in [-0.39, 0.29) is 0 Å². The Morgan fingerprint density at radius 3 is 1.49 bits per heavy atom. The van der Waals surface area contributed by atoms with Crippen molar-refractivity contribution in [1.29, 1.82) is 0 Å². The zero-order valence-electron chi connectivity index (χ0n) is 25.3. The predicted molar refractivity (Wildman–Crippen MR) is 167 cm³/mol. The summed E-state index contributed by atoms with van der Waals surface area (Å²) in [4.78, 5) is 4.71. The van der Waals surface area contributed by atoms with Crippen LogP contribution in [0.2, 0.25) is 33.2 Å². The van der Waals surface area contributed by atoms with E-state index in [2.05, 4.69) is 130 Å². The highest BCUT2D eigenvalue weighted by atomic mass is 28.4. The fourth-order valence-corrected chi connectivity index (χ4v) is 28.1. The van der Waals surface area contributed by atoms with Gasteiger partial charge in [-0.05, 0) is 64.3 Å². The number of rotatable bonds is 15.